The van der Waals surface area contributed by atoms with Gasteiger partial charge in [-0.15, -0.1) is 0 Å². The lowest BCUT2D eigenvalue weighted by Gasteiger charge is -2.17. The molecule has 1 aliphatic heterocycles. The van der Waals surface area contributed by atoms with Crippen molar-refractivity contribution in [2.45, 2.75) is 25.2 Å². The maximum absolute atomic E-state index is 12.0. The minimum absolute atomic E-state index is 0.268. The van der Waals surface area contributed by atoms with E-state index in [0.717, 1.165) is 31.7 Å². The van der Waals surface area contributed by atoms with Crippen molar-refractivity contribution in [3.8, 4) is 5.19 Å². The molecule has 98 valence electrons. The Kier molecular flexibility index (Phi) is 3.47. The predicted molar refractivity (Wildman–Crippen MR) is 69.2 cm³/mol. The summed E-state index contributed by atoms with van der Waals surface area (Å²) >= 11 is 1.42. The molecule has 6 heteroatoms. The summed E-state index contributed by atoms with van der Waals surface area (Å²) in [6.07, 6.45) is 3.14. The largest absolute Gasteiger partial charge is 0.417 e. The Morgan fingerprint density at radius 2 is 2.33 bits per heavy atom. The standard InChI is InChI=1S/C12H17N3O2S/c16-12(15-6-1-4-13-5-7-15)17-11-14-10(8-18-11)9-2-3-9/h8-9,13H,1-7H2. The molecule has 2 fully saturated rings. The zero-order chi connectivity index (χ0) is 12.4. The van der Waals surface area contributed by atoms with Gasteiger partial charge in [-0.1, -0.05) is 11.3 Å². The van der Waals surface area contributed by atoms with Gasteiger partial charge in [0.25, 0.3) is 5.19 Å². The first kappa shape index (κ1) is 11.9. The number of hydrogen-bond donors (Lipinski definition) is 1. The van der Waals surface area contributed by atoms with Gasteiger partial charge in [-0.3, -0.25) is 0 Å². The van der Waals surface area contributed by atoms with Crippen LogP contribution in [0, 0.1) is 0 Å². The molecule has 2 heterocycles. The second-order valence-corrected chi connectivity index (χ2v) is 5.59. The summed E-state index contributed by atoms with van der Waals surface area (Å²) in [5.74, 6) is 0.607. The number of hydrogen-bond acceptors (Lipinski definition) is 5. The summed E-state index contributed by atoms with van der Waals surface area (Å²) in [7, 11) is 0. The third-order valence-corrected chi connectivity index (χ3v) is 4.01. The van der Waals surface area contributed by atoms with E-state index in [1.807, 2.05) is 5.38 Å². The number of ether oxygens (including phenoxy) is 1. The Morgan fingerprint density at radius 1 is 1.44 bits per heavy atom. The molecule has 2 aliphatic rings. The van der Waals surface area contributed by atoms with Gasteiger partial charge in [-0.2, -0.15) is 0 Å². The number of nitrogens with zero attached hydrogens (tertiary/aromatic N) is 2. The van der Waals surface area contributed by atoms with Gasteiger partial charge in [-0.25, -0.2) is 9.78 Å². The molecule has 1 saturated heterocycles. The van der Waals surface area contributed by atoms with Crippen molar-refractivity contribution in [2.24, 2.45) is 0 Å². The quantitative estimate of drug-likeness (QED) is 0.888. The van der Waals surface area contributed by atoms with Crippen LogP contribution < -0.4 is 10.1 Å². The molecule has 1 aromatic heterocycles. The first-order valence-corrected chi connectivity index (χ1v) is 7.34. The van der Waals surface area contributed by atoms with Crippen molar-refractivity contribution in [1.29, 1.82) is 0 Å². The molecule has 1 aliphatic carbocycles. The van der Waals surface area contributed by atoms with Crippen LogP contribution in [0.4, 0.5) is 4.79 Å². The highest BCUT2D eigenvalue weighted by Crippen LogP contribution is 2.41. The second kappa shape index (κ2) is 5.24. The maximum Gasteiger partial charge on any atom is 0.417 e. The van der Waals surface area contributed by atoms with E-state index in [1.54, 1.807) is 4.90 Å². The van der Waals surface area contributed by atoms with Gasteiger partial charge in [0, 0.05) is 30.9 Å². The van der Waals surface area contributed by atoms with E-state index < -0.39 is 0 Å². The summed E-state index contributed by atoms with van der Waals surface area (Å²) in [6.45, 7) is 3.26. The fraction of sp³-hybridized carbons (Fsp3) is 0.667. The van der Waals surface area contributed by atoms with Crippen LogP contribution >= 0.6 is 11.3 Å². The molecule has 0 bridgehead atoms. The van der Waals surface area contributed by atoms with Gasteiger partial charge in [0.05, 0.1) is 5.69 Å². The highest BCUT2D eigenvalue weighted by atomic mass is 32.1. The number of carbonyl (C=O) groups is 1. The Balaban J connectivity index is 1.58. The average Bonchev–Trinajstić information content (AvgIpc) is 3.16. The van der Waals surface area contributed by atoms with Gasteiger partial charge in [0.15, 0.2) is 0 Å². The third kappa shape index (κ3) is 2.81. The minimum atomic E-state index is -0.268. The van der Waals surface area contributed by atoms with Crippen molar-refractivity contribution < 1.29 is 9.53 Å². The van der Waals surface area contributed by atoms with Crippen LogP contribution in [-0.2, 0) is 0 Å². The normalized spacial score (nSPS) is 20.6. The molecule has 1 aromatic rings. The summed E-state index contributed by atoms with van der Waals surface area (Å²) in [5.41, 5.74) is 1.08. The zero-order valence-electron chi connectivity index (χ0n) is 10.2. The minimum Gasteiger partial charge on any atom is -0.381 e. The number of carbonyl (C=O) groups excluding carboxylic acids is 1. The Labute approximate surface area is 110 Å². The van der Waals surface area contributed by atoms with Crippen molar-refractivity contribution in [1.82, 2.24) is 15.2 Å². The van der Waals surface area contributed by atoms with Crippen LogP contribution in [-0.4, -0.2) is 42.2 Å². The molecule has 3 rings (SSSR count). The summed E-state index contributed by atoms with van der Waals surface area (Å²) in [5, 5.41) is 5.75. The molecule has 1 saturated carbocycles. The first-order chi connectivity index (χ1) is 8.83. The maximum atomic E-state index is 12.0. The van der Waals surface area contributed by atoms with Crippen LogP contribution in [0.15, 0.2) is 5.38 Å². The smallest absolute Gasteiger partial charge is 0.381 e. The highest BCUT2D eigenvalue weighted by molar-refractivity contribution is 7.11. The van der Waals surface area contributed by atoms with Gasteiger partial charge >= 0.3 is 6.09 Å². The van der Waals surface area contributed by atoms with Crippen LogP contribution in [0.2, 0.25) is 0 Å². The van der Waals surface area contributed by atoms with Gasteiger partial charge < -0.3 is 15.0 Å². The zero-order valence-corrected chi connectivity index (χ0v) is 11.0. The lowest BCUT2D eigenvalue weighted by molar-refractivity contribution is 0.155. The van der Waals surface area contributed by atoms with Gasteiger partial charge in [0.1, 0.15) is 0 Å². The van der Waals surface area contributed by atoms with E-state index in [1.165, 1.54) is 24.2 Å². The van der Waals surface area contributed by atoms with Crippen molar-refractivity contribution in [3.63, 3.8) is 0 Å². The summed E-state index contributed by atoms with van der Waals surface area (Å²) in [6, 6.07) is 0. The molecule has 0 unspecified atom stereocenters. The Hall–Kier alpha value is -1.14. The van der Waals surface area contributed by atoms with Gasteiger partial charge in [-0.05, 0) is 25.8 Å². The molecular formula is C12H17N3O2S. The number of rotatable bonds is 2. The fourth-order valence-corrected chi connectivity index (χ4v) is 2.79. The Bertz CT molecular complexity index is 423. The number of thiazole rings is 1. The first-order valence-electron chi connectivity index (χ1n) is 6.46. The molecule has 5 nitrogen and oxygen atoms in total. The summed E-state index contributed by atoms with van der Waals surface area (Å²) in [4.78, 5) is 18.1. The molecule has 1 amide bonds. The molecular weight excluding hydrogens is 250 g/mol. The summed E-state index contributed by atoms with van der Waals surface area (Å²) < 4.78 is 5.33. The monoisotopic (exact) mass is 267 g/mol. The number of aromatic nitrogens is 1. The fourth-order valence-electron chi connectivity index (χ4n) is 2.05. The second-order valence-electron chi connectivity index (χ2n) is 4.77. The van der Waals surface area contributed by atoms with Crippen molar-refractivity contribution >= 4 is 17.4 Å². The molecule has 1 N–H and O–H groups in total. The van der Waals surface area contributed by atoms with Crippen LogP contribution in [0.1, 0.15) is 30.9 Å². The predicted octanol–water partition coefficient (Wildman–Crippen LogP) is 1.81. The highest BCUT2D eigenvalue weighted by Gasteiger charge is 2.27. The topological polar surface area (TPSA) is 54.5 Å². The third-order valence-electron chi connectivity index (χ3n) is 3.27. The van der Waals surface area contributed by atoms with E-state index in [2.05, 4.69) is 10.3 Å². The van der Waals surface area contributed by atoms with E-state index in [4.69, 9.17) is 4.74 Å². The van der Waals surface area contributed by atoms with E-state index in [9.17, 15) is 4.79 Å². The average molecular weight is 267 g/mol. The van der Waals surface area contributed by atoms with Crippen LogP contribution in [0.5, 0.6) is 5.19 Å². The van der Waals surface area contributed by atoms with Gasteiger partial charge in [0.2, 0.25) is 0 Å². The molecule has 0 radical (unpaired) electrons. The number of amides is 1. The Morgan fingerprint density at radius 3 is 3.17 bits per heavy atom. The SMILES string of the molecule is O=C(Oc1nc(C2CC2)cs1)N1CCCNCC1. The van der Waals surface area contributed by atoms with E-state index in [-0.39, 0.29) is 6.09 Å². The number of nitrogens with one attached hydrogen (secondary N) is 1. The van der Waals surface area contributed by atoms with E-state index >= 15 is 0 Å². The van der Waals surface area contributed by atoms with Crippen molar-refractivity contribution in [3.05, 3.63) is 11.1 Å². The lowest BCUT2D eigenvalue weighted by Crippen LogP contribution is -2.36. The van der Waals surface area contributed by atoms with E-state index in [0.29, 0.717) is 17.7 Å². The molecule has 0 atom stereocenters. The van der Waals surface area contributed by atoms with Crippen LogP contribution in [0.3, 0.4) is 0 Å². The molecule has 0 aromatic carbocycles. The lowest BCUT2D eigenvalue weighted by atomic mass is 10.3. The molecule has 18 heavy (non-hydrogen) atoms. The van der Waals surface area contributed by atoms with Crippen molar-refractivity contribution in [2.75, 3.05) is 26.2 Å². The molecule has 0 spiro atoms. The van der Waals surface area contributed by atoms with Crippen LogP contribution in [0.25, 0.3) is 0 Å².